The van der Waals surface area contributed by atoms with Crippen LogP contribution in [0, 0.1) is 0 Å². The molecule has 0 spiro atoms. The van der Waals surface area contributed by atoms with Crippen molar-refractivity contribution in [2.75, 3.05) is 0 Å². The zero-order valence-electron chi connectivity index (χ0n) is 12.9. The molecular formula is C20H16O3S. The van der Waals surface area contributed by atoms with Gasteiger partial charge < -0.3 is 4.74 Å². The summed E-state index contributed by atoms with van der Waals surface area (Å²) in [5, 5.41) is 3.81. The second kappa shape index (κ2) is 7.70. The van der Waals surface area contributed by atoms with Gasteiger partial charge >= 0.3 is 5.97 Å². The van der Waals surface area contributed by atoms with Crippen LogP contribution < -0.4 is 0 Å². The van der Waals surface area contributed by atoms with Crippen LogP contribution in [0.2, 0.25) is 0 Å². The van der Waals surface area contributed by atoms with Crippen LogP contribution in [0.5, 0.6) is 0 Å². The van der Waals surface area contributed by atoms with Crippen molar-refractivity contribution < 1.29 is 14.3 Å². The second-order valence-electron chi connectivity index (χ2n) is 5.32. The maximum atomic E-state index is 12.8. The maximum absolute atomic E-state index is 12.8. The Hall–Kier alpha value is -2.72. The number of carbonyl (C=O) groups is 2. The number of rotatable bonds is 6. The number of thiophene rings is 1. The number of ketones is 1. The van der Waals surface area contributed by atoms with Crippen LogP contribution in [0.4, 0.5) is 0 Å². The Morgan fingerprint density at radius 2 is 1.58 bits per heavy atom. The molecule has 3 rings (SSSR count). The van der Waals surface area contributed by atoms with Crippen LogP contribution in [0.25, 0.3) is 0 Å². The minimum atomic E-state index is -0.931. The van der Waals surface area contributed by atoms with E-state index in [4.69, 9.17) is 4.74 Å². The Labute approximate surface area is 144 Å². The highest BCUT2D eigenvalue weighted by molar-refractivity contribution is 7.07. The van der Waals surface area contributed by atoms with Gasteiger partial charge in [0.2, 0.25) is 5.78 Å². The van der Waals surface area contributed by atoms with Crippen LogP contribution in [-0.2, 0) is 16.0 Å². The predicted octanol–water partition coefficient (Wildman–Crippen LogP) is 4.46. The summed E-state index contributed by atoms with van der Waals surface area (Å²) < 4.78 is 5.54. The van der Waals surface area contributed by atoms with Crippen LogP contribution in [0.15, 0.2) is 77.5 Å². The van der Waals surface area contributed by atoms with E-state index >= 15 is 0 Å². The number of benzene rings is 2. The molecule has 0 N–H and O–H groups in total. The van der Waals surface area contributed by atoms with E-state index in [9.17, 15) is 9.59 Å². The molecule has 4 heteroatoms. The minimum absolute atomic E-state index is 0.162. The summed E-state index contributed by atoms with van der Waals surface area (Å²) in [6.45, 7) is 0. The van der Waals surface area contributed by atoms with Crippen molar-refractivity contribution in [1.82, 2.24) is 0 Å². The maximum Gasteiger partial charge on any atom is 0.311 e. The van der Waals surface area contributed by atoms with Gasteiger partial charge in [0.1, 0.15) is 0 Å². The Morgan fingerprint density at radius 3 is 2.21 bits per heavy atom. The lowest BCUT2D eigenvalue weighted by molar-refractivity contribution is -0.146. The summed E-state index contributed by atoms with van der Waals surface area (Å²) in [5.74, 6) is -0.632. The number of hydrogen-bond acceptors (Lipinski definition) is 4. The van der Waals surface area contributed by atoms with Crippen LogP contribution in [0.3, 0.4) is 0 Å². The predicted molar refractivity (Wildman–Crippen MR) is 94.1 cm³/mol. The van der Waals surface area contributed by atoms with Crippen molar-refractivity contribution in [2.45, 2.75) is 12.5 Å². The molecule has 3 aromatic rings. The third-order valence-electron chi connectivity index (χ3n) is 3.58. The molecule has 0 aliphatic rings. The summed E-state index contributed by atoms with van der Waals surface area (Å²) in [6, 6.07) is 19.9. The first-order valence-electron chi connectivity index (χ1n) is 7.59. The van der Waals surface area contributed by atoms with E-state index in [1.807, 2.05) is 41.1 Å². The van der Waals surface area contributed by atoms with Gasteiger partial charge in [-0.3, -0.25) is 9.59 Å². The molecule has 0 aliphatic heterocycles. The minimum Gasteiger partial charge on any atom is -0.449 e. The van der Waals surface area contributed by atoms with E-state index in [-0.39, 0.29) is 12.2 Å². The summed E-state index contributed by atoms with van der Waals surface area (Å²) in [4.78, 5) is 25.1. The van der Waals surface area contributed by atoms with Gasteiger partial charge in [-0.2, -0.15) is 11.3 Å². The Kier molecular flexibility index (Phi) is 5.18. The van der Waals surface area contributed by atoms with Gasteiger partial charge in [-0.05, 0) is 22.4 Å². The molecule has 120 valence electrons. The van der Waals surface area contributed by atoms with Crippen molar-refractivity contribution in [1.29, 1.82) is 0 Å². The molecule has 0 aliphatic carbocycles. The van der Waals surface area contributed by atoms with Crippen molar-refractivity contribution >= 4 is 23.1 Å². The number of ether oxygens (including phenoxy) is 1. The van der Waals surface area contributed by atoms with Crippen molar-refractivity contribution in [3.05, 3.63) is 94.2 Å². The molecule has 1 aromatic heterocycles. The standard InChI is InChI=1S/C20H16O3S/c21-18(13-15-11-12-24-14-15)23-20(17-9-5-2-6-10-17)19(22)16-7-3-1-4-8-16/h1-12,14,20H,13H2/t20-/m1/s1. The van der Waals surface area contributed by atoms with Gasteiger partial charge in [0, 0.05) is 11.1 Å². The van der Waals surface area contributed by atoms with Crippen molar-refractivity contribution in [3.63, 3.8) is 0 Å². The topological polar surface area (TPSA) is 43.4 Å². The van der Waals surface area contributed by atoms with Gasteiger partial charge in [-0.15, -0.1) is 0 Å². The quantitative estimate of drug-likeness (QED) is 0.493. The monoisotopic (exact) mass is 336 g/mol. The molecule has 0 saturated carbocycles. The summed E-state index contributed by atoms with van der Waals surface area (Å²) in [5.41, 5.74) is 2.09. The molecule has 24 heavy (non-hydrogen) atoms. The fourth-order valence-electron chi connectivity index (χ4n) is 2.39. The first kappa shape index (κ1) is 16.1. The zero-order chi connectivity index (χ0) is 16.8. The van der Waals surface area contributed by atoms with Gasteiger partial charge in [-0.1, -0.05) is 60.7 Å². The first-order valence-corrected chi connectivity index (χ1v) is 8.53. The average molecular weight is 336 g/mol. The Morgan fingerprint density at radius 1 is 0.917 bits per heavy atom. The molecule has 1 atom stereocenters. The van der Waals surface area contributed by atoms with Crippen molar-refractivity contribution in [3.8, 4) is 0 Å². The smallest absolute Gasteiger partial charge is 0.311 e. The third kappa shape index (κ3) is 3.97. The van der Waals surface area contributed by atoms with Gasteiger partial charge in [0.25, 0.3) is 0 Å². The highest BCUT2D eigenvalue weighted by atomic mass is 32.1. The fraction of sp³-hybridized carbons (Fsp3) is 0.100. The van der Waals surface area contributed by atoms with E-state index in [2.05, 4.69) is 0 Å². The number of hydrogen-bond donors (Lipinski definition) is 0. The SMILES string of the molecule is O=C(Cc1ccsc1)O[C@@H](C(=O)c1ccccc1)c1ccccc1. The molecular weight excluding hydrogens is 320 g/mol. The largest absolute Gasteiger partial charge is 0.449 e. The van der Waals surface area contributed by atoms with Crippen LogP contribution >= 0.6 is 11.3 Å². The molecule has 0 bridgehead atoms. The lowest BCUT2D eigenvalue weighted by Gasteiger charge is -2.17. The van der Waals surface area contributed by atoms with Gasteiger partial charge in [0.05, 0.1) is 6.42 Å². The Bertz CT molecular complexity index is 795. The molecule has 0 amide bonds. The second-order valence-corrected chi connectivity index (χ2v) is 6.10. The molecule has 0 saturated heterocycles. The number of esters is 1. The normalized spacial score (nSPS) is 11.7. The Balaban J connectivity index is 1.82. The number of carbonyl (C=O) groups excluding carboxylic acids is 2. The summed E-state index contributed by atoms with van der Waals surface area (Å²) >= 11 is 1.53. The average Bonchev–Trinajstić information content (AvgIpc) is 3.13. The zero-order valence-corrected chi connectivity index (χ0v) is 13.7. The molecule has 0 radical (unpaired) electrons. The van der Waals surface area contributed by atoms with Gasteiger partial charge in [0.15, 0.2) is 6.10 Å². The van der Waals surface area contributed by atoms with Crippen LogP contribution in [0.1, 0.15) is 27.6 Å². The molecule has 1 heterocycles. The van der Waals surface area contributed by atoms with E-state index in [1.54, 1.807) is 36.4 Å². The lowest BCUT2D eigenvalue weighted by Crippen LogP contribution is -2.21. The number of Topliss-reactive ketones (excluding diaryl/α,β-unsaturated/α-hetero) is 1. The fourth-order valence-corrected chi connectivity index (χ4v) is 3.06. The molecule has 3 nitrogen and oxygen atoms in total. The first-order chi connectivity index (χ1) is 11.7. The van der Waals surface area contributed by atoms with E-state index in [0.29, 0.717) is 11.1 Å². The highest BCUT2D eigenvalue weighted by Gasteiger charge is 2.26. The van der Waals surface area contributed by atoms with Gasteiger partial charge in [-0.25, -0.2) is 0 Å². The summed E-state index contributed by atoms with van der Waals surface area (Å²) in [6.07, 6.45) is -0.769. The van der Waals surface area contributed by atoms with Crippen LogP contribution in [-0.4, -0.2) is 11.8 Å². The summed E-state index contributed by atoms with van der Waals surface area (Å²) in [7, 11) is 0. The lowest BCUT2D eigenvalue weighted by atomic mass is 10.00. The van der Waals surface area contributed by atoms with Crippen molar-refractivity contribution in [2.24, 2.45) is 0 Å². The van der Waals surface area contributed by atoms with E-state index < -0.39 is 12.1 Å². The molecule has 0 fully saturated rings. The highest BCUT2D eigenvalue weighted by Crippen LogP contribution is 2.23. The van der Waals surface area contributed by atoms with E-state index in [1.165, 1.54) is 11.3 Å². The molecule has 0 unspecified atom stereocenters. The third-order valence-corrected chi connectivity index (χ3v) is 4.31. The molecule has 2 aromatic carbocycles. The van der Waals surface area contributed by atoms with E-state index in [0.717, 1.165) is 5.56 Å².